The van der Waals surface area contributed by atoms with E-state index < -0.39 is 23.2 Å². The normalized spacial score (nSPS) is 11.1. The van der Waals surface area contributed by atoms with Gasteiger partial charge in [0.2, 0.25) is 0 Å². The van der Waals surface area contributed by atoms with Gasteiger partial charge < -0.3 is 10.5 Å². The lowest BCUT2D eigenvalue weighted by atomic mass is 10.2. The van der Waals surface area contributed by atoms with Crippen LogP contribution in [0, 0.1) is 18.6 Å². The molecule has 0 saturated heterocycles. The zero-order valence-corrected chi connectivity index (χ0v) is 17.0. The van der Waals surface area contributed by atoms with Gasteiger partial charge in [0.1, 0.15) is 29.0 Å². The number of carbonyl (C=O) groups is 1. The summed E-state index contributed by atoms with van der Waals surface area (Å²) in [6, 6.07) is 10.9. The van der Waals surface area contributed by atoms with E-state index in [1.165, 1.54) is 15.2 Å². The Kier molecular flexibility index (Phi) is 5.24. The van der Waals surface area contributed by atoms with E-state index in [9.17, 15) is 18.4 Å². The molecule has 0 fully saturated rings. The second-order valence-electron chi connectivity index (χ2n) is 6.90. The van der Waals surface area contributed by atoms with Crippen LogP contribution in [0.25, 0.3) is 16.6 Å². The van der Waals surface area contributed by atoms with Crippen molar-refractivity contribution in [3.63, 3.8) is 0 Å². The van der Waals surface area contributed by atoms with Gasteiger partial charge in [0.25, 0.3) is 5.56 Å². The van der Waals surface area contributed by atoms with Crippen LogP contribution in [-0.2, 0) is 6.61 Å². The van der Waals surface area contributed by atoms with Gasteiger partial charge in [-0.1, -0.05) is 11.6 Å². The number of rotatable bonds is 4. The first-order valence-corrected chi connectivity index (χ1v) is 9.54. The standard InChI is InChI=1S/C22H16ClF2N3O3/c1-12-8-19(31-11-14-2-3-15(24)10-17(14)25)20(23)21(29)28(12)16-4-5-18-13(9-16)6-7-27(18)22(26)30/h2-10H,11H2,1H3,(H2,26,30). The number of carbonyl (C=O) groups excluding carboxylic acids is 1. The number of hydrogen-bond acceptors (Lipinski definition) is 3. The molecule has 9 heteroatoms. The van der Waals surface area contributed by atoms with Crippen LogP contribution >= 0.6 is 11.6 Å². The van der Waals surface area contributed by atoms with E-state index in [0.717, 1.165) is 12.1 Å². The molecule has 2 heterocycles. The van der Waals surface area contributed by atoms with Crippen molar-refractivity contribution < 1.29 is 18.3 Å². The van der Waals surface area contributed by atoms with Crippen molar-refractivity contribution in [2.75, 3.05) is 0 Å². The van der Waals surface area contributed by atoms with Crippen molar-refractivity contribution in [2.45, 2.75) is 13.5 Å². The molecule has 0 radical (unpaired) electrons. The maximum atomic E-state index is 13.8. The summed E-state index contributed by atoms with van der Waals surface area (Å²) in [5.74, 6) is -1.36. The molecule has 0 aliphatic rings. The molecular formula is C22H16ClF2N3O3. The average molecular weight is 444 g/mol. The number of primary amides is 1. The van der Waals surface area contributed by atoms with Gasteiger partial charge in [0.15, 0.2) is 0 Å². The van der Waals surface area contributed by atoms with Crippen molar-refractivity contribution in [1.82, 2.24) is 9.13 Å². The smallest absolute Gasteiger partial charge is 0.323 e. The van der Waals surface area contributed by atoms with Crippen LogP contribution in [0.3, 0.4) is 0 Å². The number of fused-ring (bicyclic) bond motifs is 1. The molecule has 1 amide bonds. The van der Waals surface area contributed by atoms with Crippen LogP contribution in [0.2, 0.25) is 5.02 Å². The fourth-order valence-electron chi connectivity index (χ4n) is 3.36. The van der Waals surface area contributed by atoms with Crippen LogP contribution in [0.1, 0.15) is 11.3 Å². The Balaban J connectivity index is 1.69. The fourth-order valence-corrected chi connectivity index (χ4v) is 3.56. The third-order valence-corrected chi connectivity index (χ3v) is 5.22. The number of benzene rings is 2. The number of nitrogens with two attached hydrogens (primary N) is 1. The highest BCUT2D eigenvalue weighted by Crippen LogP contribution is 2.26. The zero-order chi connectivity index (χ0) is 22.3. The number of aryl methyl sites for hydroxylation is 1. The summed E-state index contributed by atoms with van der Waals surface area (Å²) in [7, 11) is 0. The van der Waals surface area contributed by atoms with Crippen LogP contribution in [0.5, 0.6) is 5.75 Å². The SMILES string of the molecule is Cc1cc(OCc2ccc(F)cc2F)c(Cl)c(=O)n1-c1ccc2c(ccn2C(N)=O)c1. The van der Waals surface area contributed by atoms with Gasteiger partial charge in [-0.15, -0.1) is 0 Å². The molecule has 0 atom stereocenters. The van der Waals surface area contributed by atoms with Crippen molar-refractivity contribution in [3.8, 4) is 11.4 Å². The second-order valence-corrected chi connectivity index (χ2v) is 7.27. The number of hydrogen-bond donors (Lipinski definition) is 1. The summed E-state index contributed by atoms with van der Waals surface area (Å²) in [5.41, 5.74) is 6.61. The van der Waals surface area contributed by atoms with Crippen molar-refractivity contribution in [2.24, 2.45) is 5.73 Å². The van der Waals surface area contributed by atoms with Crippen molar-refractivity contribution >= 4 is 28.5 Å². The molecule has 0 aliphatic heterocycles. The quantitative estimate of drug-likeness (QED) is 0.503. The third kappa shape index (κ3) is 3.77. The number of nitrogens with zero attached hydrogens (tertiary/aromatic N) is 2. The lowest BCUT2D eigenvalue weighted by Crippen LogP contribution is -2.22. The van der Waals surface area contributed by atoms with E-state index >= 15 is 0 Å². The Morgan fingerprint density at radius 1 is 1.13 bits per heavy atom. The summed E-state index contributed by atoms with van der Waals surface area (Å²) >= 11 is 6.24. The molecule has 0 aliphatic carbocycles. The Labute approximate surface area is 180 Å². The minimum Gasteiger partial charge on any atom is -0.487 e. The van der Waals surface area contributed by atoms with E-state index in [0.29, 0.717) is 22.3 Å². The summed E-state index contributed by atoms with van der Waals surface area (Å²) in [6.45, 7) is 1.48. The van der Waals surface area contributed by atoms with Crippen LogP contribution in [-0.4, -0.2) is 15.2 Å². The van der Waals surface area contributed by atoms with Crippen LogP contribution in [0.15, 0.2) is 59.5 Å². The highest BCUT2D eigenvalue weighted by molar-refractivity contribution is 6.31. The van der Waals surface area contributed by atoms with Crippen LogP contribution in [0.4, 0.5) is 13.6 Å². The molecule has 0 unspecified atom stereocenters. The molecule has 2 aromatic heterocycles. The predicted octanol–water partition coefficient (Wildman–Crippen LogP) is 4.54. The molecule has 2 N–H and O–H groups in total. The highest BCUT2D eigenvalue weighted by Gasteiger charge is 2.16. The summed E-state index contributed by atoms with van der Waals surface area (Å²) < 4.78 is 35.1. The van der Waals surface area contributed by atoms with Gasteiger partial charge in [-0.2, -0.15) is 0 Å². The maximum absolute atomic E-state index is 13.8. The first-order valence-electron chi connectivity index (χ1n) is 9.16. The summed E-state index contributed by atoms with van der Waals surface area (Å²) in [4.78, 5) is 24.4. The largest absolute Gasteiger partial charge is 0.487 e. The minimum atomic E-state index is -0.752. The van der Waals surface area contributed by atoms with E-state index in [1.54, 1.807) is 43.5 Å². The molecule has 4 rings (SSSR count). The van der Waals surface area contributed by atoms with Crippen LogP contribution < -0.4 is 16.0 Å². The molecular weight excluding hydrogens is 428 g/mol. The molecule has 158 valence electrons. The molecule has 0 saturated carbocycles. The Morgan fingerprint density at radius 3 is 2.61 bits per heavy atom. The van der Waals surface area contributed by atoms with Gasteiger partial charge in [0, 0.05) is 40.7 Å². The first-order chi connectivity index (χ1) is 14.8. The monoisotopic (exact) mass is 443 g/mol. The van der Waals surface area contributed by atoms with Gasteiger partial charge in [0.05, 0.1) is 5.52 Å². The van der Waals surface area contributed by atoms with Crippen molar-refractivity contribution in [1.29, 1.82) is 0 Å². The Morgan fingerprint density at radius 2 is 1.90 bits per heavy atom. The summed E-state index contributed by atoms with van der Waals surface area (Å²) in [5, 5.41) is 0.536. The van der Waals surface area contributed by atoms with E-state index in [-0.39, 0.29) is 22.9 Å². The van der Waals surface area contributed by atoms with E-state index in [1.807, 2.05) is 0 Å². The molecule has 2 aromatic carbocycles. The van der Waals surface area contributed by atoms with Gasteiger partial charge in [-0.3, -0.25) is 13.9 Å². The molecule has 0 spiro atoms. The number of aromatic nitrogens is 2. The third-order valence-electron chi connectivity index (χ3n) is 4.87. The predicted molar refractivity (Wildman–Crippen MR) is 113 cm³/mol. The number of halogens is 3. The lowest BCUT2D eigenvalue weighted by molar-refractivity contribution is 0.251. The molecule has 6 nitrogen and oxygen atoms in total. The van der Waals surface area contributed by atoms with Crippen molar-refractivity contribution in [3.05, 3.63) is 93.0 Å². The molecule has 4 aromatic rings. The summed E-state index contributed by atoms with van der Waals surface area (Å²) in [6.07, 6.45) is 1.55. The molecule has 31 heavy (non-hydrogen) atoms. The first kappa shape index (κ1) is 20.6. The number of ether oxygens (including phenoxy) is 1. The molecule has 0 bridgehead atoms. The van der Waals surface area contributed by atoms with E-state index in [2.05, 4.69) is 0 Å². The number of pyridine rings is 1. The Hall–Kier alpha value is -3.65. The van der Waals surface area contributed by atoms with Gasteiger partial charge in [-0.25, -0.2) is 13.6 Å². The topological polar surface area (TPSA) is 79.2 Å². The fraction of sp³-hybridized carbons (Fsp3) is 0.0909. The van der Waals surface area contributed by atoms with E-state index in [4.69, 9.17) is 22.1 Å². The minimum absolute atomic E-state index is 0.0881. The maximum Gasteiger partial charge on any atom is 0.323 e. The average Bonchev–Trinajstić information content (AvgIpc) is 3.14. The van der Waals surface area contributed by atoms with Gasteiger partial charge in [-0.05, 0) is 43.3 Å². The second kappa shape index (κ2) is 7.88. The Bertz CT molecular complexity index is 1400. The zero-order valence-electron chi connectivity index (χ0n) is 16.2. The highest BCUT2D eigenvalue weighted by atomic mass is 35.5. The van der Waals surface area contributed by atoms with Gasteiger partial charge >= 0.3 is 6.03 Å². The number of amides is 1. The lowest BCUT2D eigenvalue weighted by Gasteiger charge is -2.15.